The van der Waals surface area contributed by atoms with Crippen LogP contribution in [-0.4, -0.2) is 45.0 Å². The Labute approximate surface area is 162 Å². The fourth-order valence-electron chi connectivity index (χ4n) is 3.62. The summed E-state index contributed by atoms with van der Waals surface area (Å²) in [7, 11) is 1.69. The first-order valence-corrected chi connectivity index (χ1v) is 10.3. The first-order chi connectivity index (χ1) is 13.3. The van der Waals surface area contributed by atoms with E-state index in [9.17, 15) is 0 Å². The molecule has 1 aliphatic heterocycles. The minimum atomic E-state index is 0.293. The Kier molecular flexibility index (Phi) is 7.63. The standard InChI is InChI=1S/C21H33N3O3/c1-3-22-21(24-15-18-9-6-12-26-18)23-14-16-10-11-19(20(13-16)25-2)27-17-7-4-5-8-17/h10-11,13,17-18H,3-9,12,14-15H2,1-2H3,(H2,22,23,24). The van der Waals surface area contributed by atoms with Crippen LogP contribution in [0.5, 0.6) is 11.5 Å². The number of nitrogens with zero attached hydrogens (tertiary/aromatic N) is 1. The van der Waals surface area contributed by atoms with Gasteiger partial charge in [-0.1, -0.05) is 6.07 Å². The highest BCUT2D eigenvalue weighted by Crippen LogP contribution is 2.32. The third-order valence-electron chi connectivity index (χ3n) is 5.11. The smallest absolute Gasteiger partial charge is 0.191 e. The molecular weight excluding hydrogens is 342 g/mol. The molecule has 2 N–H and O–H groups in total. The van der Waals surface area contributed by atoms with Crippen molar-refractivity contribution in [2.45, 2.75) is 64.2 Å². The second-order valence-corrected chi connectivity index (χ2v) is 7.22. The molecule has 1 saturated carbocycles. The molecule has 6 heteroatoms. The third-order valence-corrected chi connectivity index (χ3v) is 5.11. The maximum Gasteiger partial charge on any atom is 0.191 e. The molecule has 1 atom stereocenters. The van der Waals surface area contributed by atoms with Gasteiger partial charge in [-0.25, -0.2) is 4.99 Å². The van der Waals surface area contributed by atoms with Crippen molar-refractivity contribution in [2.24, 2.45) is 4.99 Å². The van der Waals surface area contributed by atoms with E-state index in [0.717, 1.165) is 68.4 Å². The quantitative estimate of drug-likeness (QED) is 0.539. The summed E-state index contributed by atoms with van der Waals surface area (Å²) < 4.78 is 17.3. The zero-order valence-corrected chi connectivity index (χ0v) is 16.6. The van der Waals surface area contributed by atoms with Crippen LogP contribution in [0.1, 0.15) is 51.0 Å². The second kappa shape index (κ2) is 10.4. The van der Waals surface area contributed by atoms with Gasteiger partial charge >= 0.3 is 0 Å². The highest BCUT2D eigenvalue weighted by molar-refractivity contribution is 5.79. The minimum Gasteiger partial charge on any atom is -0.493 e. The van der Waals surface area contributed by atoms with Crippen LogP contribution >= 0.6 is 0 Å². The van der Waals surface area contributed by atoms with Gasteiger partial charge in [-0.2, -0.15) is 0 Å². The lowest BCUT2D eigenvalue weighted by molar-refractivity contribution is 0.114. The molecule has 2 aliphatic rings. The van der Waals surface area contributed by atoms with Gasteiger partial charge in [0.05, 0.1) is 25.9 Å². The molecule has 0 radical (unpaired) electrons. The van der Waals surface area contributed by atoms with Crippen molar-refractivity contribution in [3.63, 3.8) is 0 Å². The van der Waals surface area contributed by atoms with Crippen molar-refractivity contribution in [1.82, 2.24) is 10.6 Å². The van der Waals surface area contributed by atoms with E-state index in [1.165, 1.54) is 12.8 Å². The van der Waals surface area contributed by atoms with Crippen LogP contribution in [0.4, 0.5) is 0 Å². The average molecular weight is 376 g/mol. The molecule has 6 nitrogen and oxygen atoms in total. The van der Waals surface area contributed by atoms with Crippen LogP contribution in [0.3, 0.4) is 0 Å². The van der Waals surface area contributed by atoms with Crippen molar-refractivity contribution in [2.75, 3.05) is 26.8 Å². The molecule has 1 unspecified atom stereocenters. The molecule has 0 aromatic heterocycles. The zero-order valence-electron chi connectivity index (χ0n) is 16.6. The van der Waals surface area contributed by atoms with Crippen molar-refractivity contribution in [3.05, 3.63) is 23.8 Å². The molecule has 0 spiro atoms. The van der Waals surface area contributed by atoms with Crippen molar-refractivity contribution >= 4 is 5.96 Å². The molecule has 1 aliphatic carbocycles. The molecule has 1 aromatic rings. The zero-order chi connectivity index (χ0) is 18.9. The van der Waals surface area contributed by atoms with E-state index in [1.54, 1.807) is 7.11 Å². The van der Waals surface area contributed by atoms with E-state index in [0.29, 0.717) is 18.8 Å². The number of methoxy groups -OCH3 is 1. The normalized spacial score (nSPS) is 20.7. The van der Waals surface area contributed by atoms with Gasteiger partial charge in [0.25, 0.3) is 0 Å². The monoisotopic (exact) mass is 375 g/mol. The number of rotatable bonds is 8. The fraction of sp³-hybridized carbons (Fsp3) is 0.667. The summed E-state index contributed by atoms with van der Waals surface area (Å²) in [5.74, 6) is 2.44. The van der Waals surface area contributed by atoms with Crippen molar-refractivity contribution in [3.8, 4) is 11.5 Å². The van der Waals surface area contributed by atoms with Crippen LogP contribution in [0.25, 0.3) is 0 Å². The van der Waals surface area contributed by atoms with Crippen LogP contribution in [0, 0.1) is 0 Å². The third kappa shape index (κ3) is 6.03. The predicted octanol–water partition coefficient (Wildman–Crippen LogP) is 3.25. The maximum absolute atomic E-state index is 6.11. The van der Waals surface area contributed by atoms with E-state index >= 15 is 0 Å². The molecule has 2 fully saturated rings. The Hall–Kier alpha value is -1.95. The second-order valence-electron chi connectivity index (χ2n) is 7.22. The van der Waals surface area contributed by atoms with Gasteiger partial charge in [-0.15, -0.1) is 0 Å². The fourth-order valence-corrected chi connectivity index (χ4v) is 3.62. The van der Waals surface area contributed by atoms with E-state index in [4.69, 9.17) is 19.2 Å². The van der Waals surface area contributed by atoms with Crippen LogP contribution in [0.2, 0.25) is 0 Å². The van der Waals surface area contributed by atoms with E-state index in [-0.39, 0.29) is 0 Å². The highest BCUT2D eigenvalue weighted by atomic mass is 16.5. The van der Waals surface area contributed by atoms with E-state index in [1.807, 2.05) is 12.1 Å². The Balaban J connectivity index is 1.58. The van der Waals surface area contributed by atoms with Gasteiger partial charge in [0, 0.05) is 19.7 Å². The van der Waals surface area contributed by atoms with Crippen molar-refractivity contribution in [1.29, 1.82) is 0 Å². The first kappa shape index (κ1) is 19.8. The Morgan fingerprint density at radius 3 is 2.70 bits per heavy atom. The van der Waals surface area contributed by atoms with Gasteiger partial charge in [-0.05, 0) is 63.1 Å². The number of guanidine groups is 1. The minimum absolute atomic E-state index is 0.293. The summed E-state index contributed by atoms with van der Waals surface area (Å²) in [4.78, 5) is 4.70. The number of aliphatic imine (C=N–C) groups is 1. The number of benzene rings is 1. The summed E-state index contributed by atoms with van der Waals surface area (Å²) in [6.07, 6.45) is 7.67. The van der Waals surface area contributed by atoms with Gasteiger partial charge in [0.2, 0.25) is 0 Å². The lowest BCUT2D eigenvalue weighted by Gasteiger charge is -2.17. The Morgan fingerprint density at radius 2 is 2.00 bits per heavy atom. The number of hydrogen-bond donors (Lipinski definition) is 2. The summed E-state index contributed by atoms with van der Waals surface area (Å²) in [5.41, 5.74) is 1.10. The summed E-state index contributed by atoms with van der Waals surface area (Å²) in [5, 5.41) is 6.67. The average Bonchev–Trinajstić information content (AvgIpc) is 3.39. The summed E-state index contributed by atoms with van der Waals surface area (Å²) in [6, 6.07) is 6.10. The topological polar surface area (TPSA) is 64.1 Å². The molecule has 150 valence electrons. The molecule has 1 heterocycles. The van der Waals surface area contributed by atoms with Crippen LogP contribution < -0.4 is 20.1 Å². The predicted molar refractivity (Wildman–Crippen MR) is 108 cm³/mol. The maximum atomic E-state index is 6.11. The molecule has 27 heavy (non-hydrogen) atoms. The van der Waals surface area contributed by atoms with Gasteiger partial charge < -0.3 is 24.8 Å². The summed E-state index contributed by atoms with van der Waals surface area (Å²) in [6.45, 7) is 5.15. The Bertz CT molecular complexity index is 609. The highest BCUT2D eigenvalue weighted by Gasteiger charge is 2.18. The Morgan fingerprint density at radius 1 is 1.15 bits per heavy atom. The summed E-state index contributed by atoms with van der Waals surface area (Å²) >= 11 is 0. The molecule has 0 amide bonds. The van der Waals surface area contributed by atoms with E-state index < -0.39 is 0 Å². The van der Waals surface area contributed by atoms with Gasteiger partial charge in [0.15, 0.2) is 17.5 Å². The van der Waals surface area contributed by atoms with Gasteiger partial charge in [0.1, 0.15) is 0 Å². The van der Waals surface area contributed by atoms with Crippen LogP contribution in [-0.2, 0) is 11.3 Å². The molecule has 1 aromatic carbocycles. The molecule has 1 saturated heterocycles. The van der Waals surface area contributed by atoms with E-state index in [2.05, 4.69) is 23.6 Å². The molecule has 3 rings (SSSR count). The SMILES string of the molecule is CCNC(=NCc1ccc(OC2CCCC2)c(OC)c1)NCC1CCCO1. The molecule has 0 bridgehead atoms. The lowest BCUT2D eigenvalue weighted by Crippen LogP contribution is -2.41. The largest absolute Gasteiger partial charge is 0.493 e. The number of nitrogens with one attached hydrogen (secondary N) is 2. The molecular formula is C21H33N3O3. The van der Waals surface area contributed by atoms with Gasteiger partial charge in [-0.3, -0.25) is 0 Å². The van der Waals surface area contributed by atoms with Crippen LogP contribution in [0.15, 0.2) is 23.2 Å². The lowest BCUT2D eigenvalue weighted by atomic mass is 10.2. The number of hydrogen-bond acceptors (Lipinski definition) is 4. The van der Waals surface area contributed by atoms with Crippen molar-refractivity contribution < 1.29 is 14.2 Å². The first-order valence-electron chi connectivity index (χ1n) is 10.3. The number of ether oxygens (including phenoxy) is 3.